The summed E-state index contributed by atoms with van der Waals surface area (Å²) >= 11 is 0. The van der Waals surface area contributed by atoms with Crippen molar-refractivity contribution in [1.82, 2.24) is 4.98 Å². The van der Waals surface area contributed by atoms with Crippen LogP contribution in [0.25, 0.3) is 11.3 Å². The van der Waals surface area contributed by atoms with Crippen LogP contribution < -0.4 is 4.74 Å². The van der Waals surface area contributed by atoms with Crippen LogP contribution in [-0.2, 0) is 11.2 Å². The van der Waals surface area contributed by atoms with Gasteiger partial charge in [0.05, 0.1) is 12.3 Å². The lowest BCUT2D eigenvalue weighted by Gasteiger charge is -2.08. The van der Waals surface area contributed by atoms with E-state index in [1.807, 2.05) is 18.3 Å². The van der Waals surface area contributed by atoms with Crippen molar-refractivity contribution in [2.75, 3.05) is 19.8 Å². The maximum atomic E-state index is 5.81. The van der Waals surface area contributed by atoms with E-state index in [2.05, 4.69) is 43.1 Å². The first-order valence-electron chi connectivity index (χ1n) is 13.1. The van der Waals surface area contributed by atoms with Gasteiger partial charge in [-0.2, -0.15) is 0 Å². The van der Waals surface area contributed by atoms with Crippen molar-refractivity contribution in [3.8, 4) is 17.0 Å². The van der Waals surface area contributed by atoms with E-state index >= 15 is 0 Å². The molecule has 2 aromatic rings. The van der Waals surface area contributed by atoms with Gasteiger partial charge in [0.1, 0.15) is 12.4 Å². The highest BCUT2D eigenvalue weighted by atomic mass is 16.5. The maximum Gasteiger partial charge on any atom is 0.119 e. The number of benzene rings is 1. The van der Waals surface area contributed by atoms with Gasteiger partial charge in [-0.1, -0.05) is 84.1 Å². The lowest BCUT2D eigenvalue weighted by molar-refractivity contribution is 0.0971. The first kappa shape index (κ1) is 26.4. The summed E-state index contributed by atoms with van der Waals surface area (Å²) in [5.74, 6) is 0.886. The third kappa shape index (κ3) is 11.7. The van der Waals surface area contributed by atoms with Crippen LogP contribution in [0.5, 0.6) is 5.75 Å². The molecule has 0 fully saturated rings. The van der Waals surface area contributed by atoms with Gasteiger partial charge in [-0.15, -0.1) is 0 Å². The Morgan fingerprint density at radius 2 is 1.28 bits per heavy atom. The minimum absolute atomic E-state index is 0.598. The van der Waals surface area contributed by atoms with Crippen molar-refractivity contribution >= 4 is 0 Å². The second-order valence-corrected chi connectivity index (χ2v) is 8.82. The zero-order valence-electron chi connectivity index (χ0n) is 20.6. The lowest BCUT2D eigenvalue weighted by Crippen LogP contribution is -2.07. The number of nitrogens with zero attached hydrogens (tertiary/aromatic N) is 1. The van der Waals surface area contributed by atoms with Crippen LogP contribution in [-0.4, -0.2) is 24.8 Å². The van der Waals surface area contributed by atoms with E-state index in [-0.39, 0.29) is 0 Å². The van der Waals surface area contributed by atoms with Crippen LogP contribution in [0.3, 0.4) is 0 Å². The maximum absolute atomic E-state index is 5.81. The minimum Gasteiger partial charge on any atom is -0.491 e. The van der Waals surface area contributed by atoms with Crippen LogP contribution in [0.1, 0.15) is 96.5 Å². The van der Waals surface area contributed by atoms with E-state index in [1.54, 1.807) is 0 Å². The third-order valence-corrected chi connectivity index (χ3v) is 5.93. The molecule has 0 spiro atoms. The predicted octanol–water partition coefficient (Wildman–Crippen LogP) is 8.41. The summed E-state index contributed by atoms with van der Waals surface area (Å²) in [4.78, 5) is 4.67. The second kappa shape index (κ2) is 17.7. The second-order valence-electron chi connectivity index (χ2n) is 8.82. The number of aryl methyl sites for hydroxylation is 1. The zero-order chi connectivity index (χ0) is 22.7. The number of pyridine rings is 1. The van der Waals surface area contributed by atoms with Gasteiger partial charge in [-0.05, 0) is 55.2 Å². The third-order valence-electron chi connectivity index (χ3n) is 5.93. The number of unbranched alkanes of at least 4 members (excludes halogenated alkanes) is 10. The van der Waals surface area contributed by atoms with E-state index in [0.29, 0.717) is 13.2 Å². The standard InChI is InChI=1S/C29H45NO2/c1-3-5-7-9-11-13-15-26-16-21-29(30-25-26)27-17-19-28(20-18-27)32-24-23-31-22-14-12-10-8-6-4-2/h16-21,25H,3-15,22-24H2,1-2H3. The Kier molecular flexibility index (Phi) is 14.6. The molecule has 0 unspecified atom stereocenters. The van der Waals surface area contributed by atoms with Crippen molar-refractivity contribution < 1.29 is 9.47 Å². The summed E-state index contributed by atoms with van der Waals surface area (Å²) < 4.78 is 11.5. The molecule has 3 nitrogen and oxygen atoms in total. The molecule has 1 aromatic heterocycles. The van der Waals surface area contributed by atoms with Crippen molar-refractivity contribution in [3.63, 3.8) is 0 Å². The summed E-state index contributed by atoms with van der Waals surface area (Å²) in [6, 6.07) is 12.6. The molecule has 3 heteroatoms. The van der Waals surface area contributed by atoms with Crippen molar-refractivity contribution in [2.24, 2.45) is 0 Å². The van der Waals surface area contributed by atoms with Crippen molar-refractivity contribution in [1.29, 1.82) is 0 Å². The molecule has 0 saturated carbocycles. The smallest absolute Gasteiger partial charge is 0.119 e. The molecule has 2 rings (SSSR count). The van der Waals surface area contributed by atoms with Gasteiger partial charge in [0.2, 0.25) is 0 Å². The quantitative estimate of drug-likeness (QED) is 0.206. The first-order chi connectivity index (χ1) is 15.8. The molecule has 1 aromatic carbocycles. The Balaban J connectivity index is 1.59. The van der Waals surface area contributed by atoms with Gasteiger partial charge in [-0.3, -0.25) is 4.98 Å². The average molecular weight is 440 g/mol. The van der Waals surface area contributed by atoms with Gasteiger partial charge in [0.15, 0.2) is 0 Å². The van der Waals surface area contributed by atoms with Gasteiger partial charge in [-0.25, -0.2) is 0 Å². The lowest BCUT2D eigenvalue weighted by atomic mass is 10.1. The summed E-state index contributed by atoms with van der Waals surface area (Å²) in [5, 5.41) is 0. The summed E-state index contributed by atoms with van der Waals surface area (Å²) in [6.07, 6.45) is 18.9. The highest BCUT2D eigenvalue weighted by Crippen LogP contribution is 2.21. The Bertz CT molecular complexity index is 681. The largest absolute Gasteiger partial charge is 0.491 e. The topological polar surface area (TPSA) is 31.4 Å². The molecule has 0 atom stereocenters. The van der Waals surface area contributed by atoms with Gasteiger partial charge < -0.3 is 9.47 Å². The Morgan fingerprint density at radius 3 is 1.94 bits per heavy atom. The number of rotatable bonds is 19. The highest BCUT2D eigenvalue weighted by Gasteiger charge is 2.02. The number of hydrogen-bond donors (Lipinski definition) is 0. The van der Waals surface area contributed by atoms with Gasteiger partial charge in [0.25, 0.3) is 0 Å². The Hall–Kier alpha value is -1.87. The van der Waals surface area contributed by atoms with Gasteiger partial charge in [0, 0.05) is 18.4 Å². The molecular formula is C29H45NO2. The molecule has 0 aliphatic carbocycles. The fourth-order valence-electron chi connectivity index (χ4n) is 3.88. The van der Waals surface area contributed by atoms with Crippen LogP contribution in [0.2, 0.25) is 0 Å². The van der Waals surface area contributed by atoms with E-state index in [1.165, 1.54) is 76.2 Å². The fourth-order valence-corrected chi connectivity index (χ4v) is 3.88. The molecule has 1 heterocycles. The molecule has 178 valence electrons. The molecule has 0 bridgehead atoms. The molecule has 0 saturated heterocycles. The fraction of sp³-hybridized carbons (Fsp3) is 0.621. The van der Waals surface area contributed by atoms with Crippen molar-refractivity contribution in [2.45, 2.75) is 97.3 Å². The van der Waals surface area contributed by atoms with Crippen LogP contribution in [0.4, 0.5) is 0 Å². The number of aromatic nitrogens is 1. The monoisotopic (exact) mass is 439 g/mol. The SMILES string of the molecule is CCCCCCCCOCCOc1ccc(-c2ccc(CCCCCCCC)cn2)cc1. The minimum atomic E-state index is 0.598. The highest BCUT2D eigenvalue weighted by molar-refractivity contribution is 5.60. The molecule has 32 heavy (non-hydrogen) atoms. The average Bonchev–Trinajstić information content (AvgIpc) is 2.83. The van der Waals surface area contributed by atoms with Crippen LogP contribution in [0.15, 0.2) is 42.6 Å². The van der Waals surface area contributed by atoms with E-state index < -0.39 is 0 Å². The number of hydrogen-bond acceptors (Lipinski definition) is 3. The Labute approximate surface area is 197 Å². The van der Waals surface area contributed by atoms with E-state index in [9.17, 15) is 0 Å². The summed E-state index contributed by atoms with van der Waals surface area (Å²) in [7, 11) is 0. The summed E-state index contributed by atoms with van der Waals surface area (Å²) in [6.45, 7) is 6.61. The molecule has 0 aliphatic rings. The molecule has 0 radical (unpaired) electrons. The number of ether oxygens (including phenoxy) is 2. The predicted molar refractivity (Wildman–Crippen MR) is 136 cm³/mol. The van der Waals surface area contributed by atoms with Crippen molar-refractivity contribution in [3.05, 3.63) is 48.2 Å². The first-order valence-corrected chi connectivity index (χ1v) is 13.1. The van der Waals surface area contributed by atoms with Gasteiger partial charge >= 0.3 is 0 Å². The molecule has 0 N–H and O–H groups in total. The van der Waals surface area contributed by atoms with Crippen LogP contribution >= 0.6 is 0 Å². The van der Waals surface area contributed by atoms with Crippen LogP contribution in [0, 0.1) is 0 Å². The van der Waals surface area contributed by atoms with E-state index in [4.69, 9.17) is 9.47 Å². The zero-order valence-corrected chi connectivity index (χ0v) is 20.6. The normalized spacial score (nSPS) is 11.1. The van der Waals surface area contributed by atoms with E-state index in [0.717, 1.165) is 36.5 Å². The molecular weight excluding hydrogens is 394 g/mol. The molecule has 0 amide bonds. The Morgan fingerprint density at radius 1 is 0.625 bits per heavy atom. The summed E-state index contributed by atoms with van der Waals surface area (Å²) in [5.41, 5.74) is 3.48. The molecule has 0 aliphatic heterocycles.